The van der Waals surface area contributed by atoms with Crippen molar-refractivity contribution in [1.29, 1.82) is 0 Å². The highest BCUT2D eigenvalue weighted by molar-refractivity contribution is 5.94. The molecule has 0 saturated heterocycles. The molecule has 0 aliphatic heterocycles. The maximum atomic E-state index is 12.6. The van der Waals surface area contributed by atoms with Gasteiger partial charge in [-0.3, -0.25) is 9.20 Å². The summed E-state index contributed by atoms with van der Waals surface area (Å²) in [6.07, 6.45) is 2.31. The van der Waals surface area contributed by atoms with Crippen molar-refractivity contribution < 1.29 is 22.7 Å². The summed E-state index contributed by atoms with van der Waals surface area (Å²) in [6, 6.07) is 8.92. The molecule has 1 aromatic carbocycles. The Labute approximate surface area is 164 Å². The lowest BCUT2D eigenvalue weighted by molar-refractivity contribution is -0.274. The Balaban J connectivity index is 1.57. The van der Waals surface area contributed by atoms with Gasteiger partial charge in [-0.05, 0) is 49.2 Å². The van der Waals surface area contributed by atoms with E-state index in [1.165, 1.54) is 30.7 Å². The van der Waals surface area contributed by atoms with Gasteiger partial charge in [0.2, 0.25) is 0 Å². The van der Waals surface area contributed by atoms with Gasteiger partial charge < -0.3 is 10.1 Å². The fourth-order valence-corrected chi connectivity index (χ4v) is 3.54. The van der Waals surface area contributed by atoms with Crippen molar-refractivity contribution in [3.63, 3.8) is 0 Å². The molecule has 9 heteroatoms. The van der Waals surface area contributed by atoms with E-state index in [2.05, 4.69) is 20.3 Å². The van der Waals surface area contributed by atoms with E-state index in [1.807, 2.05) is 0 Å². The van der Waals surface area contributed by atoms with Crippen molar-refractivity contribution >= 4 is 11.6 Å². The minimum absolute atomic E-state index is 0.160. The van der Waals surface area contributed by atoms with E-state index in [9.17, 15) is 18.0 Å². The number of nitrogens with zero attached hydrogens (tertiary/aromatic N) is 3. The topological polar surface area (TPSA) is 68.5 Å². The van der Waals surface area contributed by atoms with E-state index >= 15 is 0 Å². The summed E-state index contributed by atoms with van der Waals surface area (Å²) in [5.41, 5.74) is 1.56. The molecule has 1 aliphatic rings. The van der Waals surface area contributed by atoms with Gasteiger partial charge in [0.25, 0.3) is 5.91 Å². The molecule has 6 nitrogen and oxygen atoms in total. The Hall–Kier alpha value is -3.10. The molecule has 1 amide bonds. The van der Waals surface area contributed by atoms with Crippen LogP contribution in [0.2, 0.25) is 0 Å². The first-order valence-corrected chi connectivity index (χ1v) is 9.41. The van der Waals surface area contributed by atoms with Crippen LogP contribution in [0.1, 0.15) is 42.5 Å². The van der Waals surface area contributed by atoms with Gasteiger partial charge in [-0.25, -0.2) is 0 Å². The lowest BCUT2D eigenvalue weighted by Gasteiger charge is -2.22. The molecule has 1 fully saturated rings. The zero-order valence-corrected chi connectivity index (χ0v) is 15.4. The molecule has 1 saturated carbocycles. The van der Waals surface area contributed by atoms with Crippen molar-refractivity contribution in [2.24, 2.45) is 0 Å². The Morgan fingerprint density at radius 3 is 2.45 bits per heavy atom. The Bertz CT molecular complexity index is 1010. The number of pyridine rings is 1. The average molecular weight is 404 g/mol. The summed E-state index contributed by atoms with van der Waals surface area (Å²) < 4.78 is 42.5. The first-order chi connectivity index (χ1) is 13.9. The van der Waals surface area contributed by atoms with E-state index in [0.717, 1.165) is 25.7 Å². The first-order valence-electron chi connectivity index (χ1n) is 9.41. The van der Waals surface area contributed by atoms with Gasteiger partial charge in [-0.2, -0.15) is 0 Å². The maximum Gasteiger partial charge on any atom is 0.573 e. The van der Waals surface area contributed by atoms with Crippen molar-refractivity contribution in [1.82, 2.24) is 19.9 Å². The number of benzene rings is 1. The van der Waals surface area contributed by atoms with E-state index in [1.54, 1.807) is 22.7 Å². The molecule has 2 aromatic heterocycles. The van der Waals surface area contributed by atoms with Gasteiger partial charge >= 0.3 is 6.36 Å². The van der Waals surface area contributed by atoms with Crippen molar-refractivity contribution in [2.45, 2.75) is 44.5 Å². The average Bonchev–Trinajstić information content (AvgIpc) is 3.11. The van der Waals surface area contributed by atoms with Crippen LogP contribution in [-0.4, -0.2) is 32.9 Å². The van der Waals surface area contributed by atoms with Crippen molar-refractivity contribution in [2.75, 3.05) is 0 Å². The van der Waals surface area contributed by atoms with Gasteiger partial charge in [-0.15, -0.1) is 23.4 Å². The number of hydrogen-bond donors (Lipinski definition) is 1. The molecule has 29 heavy (non-hydrogen) atoms. The zero-order valence-electron chi connectivity index (χ0n) is 15.4. The number of hydrogen-bond acceptors (Lipinski definition) is 4. The van der Waals surface area contributed by atoms with Crippen molar-refractivity contribution in [3.05, 3.63) is 48.2 Å². The number of fused-ring (bicyclic) bond motifs is 1. The molecular formula is C20H19F3N4O2. The SMILES string of the molecule is O=C(NC1CCCCC1)c1ccc2nnc(-c3ccc(OC(F)(F)F)cc3)n2c1. The quantitative estimate of drug-likeness (QED) is 0.702. The number of alkyl halides is 3. The van der Waals surface area contributed by atoms with Crippen molar-refractivity contribution in [3.8, 4) is 17.1 Å². The van der Waals surface area contributed by atoms with E-state index in [0.29, 0.717) is 22.6 Å². The van der Waals surface area contributed by atoms with Crippen LogP contribution < -0.4 is 10.1 Å². The lowest BCUT2D eigenvalue weighted by atomic mass is 9.95. The number of aromatic nitrogens is 3. The predicted octanol–water partition coefficient (Wildman–Crippen LogP) is 4.36. The lowest BCUT2D eigenvalue weighted by Crippen LogP contribution is -2.36. The molecule has 1 N–H and O–H groups in total. The second kappa shape index (κ2) is 7.73. The van der Waals surface area contributed by atoms with Crippen LogP contribution in [0.25, 0.3) is 17.0 Å². The molecule has 0 radical (unpaired) electrons. The number of rotatable bonds is 4. The molecule has 2 heterocycles. The number of halogens is 3. The molecule has 0 bridgehead atoms. The molecule has 3 aromatic rings. The molecule has 0 atom stereocenters. The fourth-order valence-electron chi connectivity index (χ4n) is 3.54. The second-order valence-electron chi connectivity index (χ2n) is 7.05. The predicted molar refractivity (Wildman–Crippen MR) is 99.4 cm³/mol. The number of nitrogens with one attached hydrogen (secondary N) is 1. The third-order valence-electron chi connectivity index (χ3n) is 4.95. The summed E-state index contributed by atoms with van der Waals surface area (Å²) in [6.45, 7) is 0. The Morgan fingerprint density at radius 1 is 1.03 bits per heavy atom. The third kappa shape index (κ3) is 4.49. The smallest absolute Gasteiger partial charge is 0.406 e. The normalized spacial score (nSPS) is 15.4. The standard InChI is InChI=1S/C20H19F3N4O2/c21-20(22,23)29-16-9-6-13(7-10-16)18-26-25-17-11-8-14(12-27(17)18)19(28)24-15-4-2-1-3-5-15/h6-12,15H,1-5H2,(H,24,28). The van der Waals surface area contributed by atoms with E-state index < -0.39 is 6.36 Å². The van der Waals surface area contributed by atoms with Crippen LogP contribution in [0.5, 0.6) is 5.75 Å². The van der Waals surface area contributed by atoms with Gasteiger partial charge in [0, 0.05) is 17.8 Å². The van der Waals surface area contributed by atoms with Gasteiger partial charge in [0.15, 0.2) is 11.5 Å². The molecule has 4 rings (SSSR count). The monoisotopic (exact) mass is 404 g/mol. The molecular weight excluding hydrogens is 385 g/mol. The van der Waals surface area contributed by atoms with Crippen LogP contribution in [0.15, 0.2) is 42.6 Å². The maximum absolute atomic E-state index is 12.6. The fraction of sp³-hybridized carbons (Fsp3) is 0.350. The summed E-state index contributed by atoms with van der Waals surface area (Å²) in [5, 5.41) is 11.2. The summed E-state index contributed by atoms with van der Waals surface area (Å²) in [5.74, 6) is -0.0548. The zero-order chi connectivity index (χ0) is 20.4. The first kappa shape index (κ1) is 19.2. The van der Waals surface area contributed by atoms with Crippen LogP contribution in [-0.2, 0) is 0 Å². The summed E-state index contributed by atoms with van der Waals surface area (Å²) in [7, 11) is 0. The van der Waals surface area contributed by atoms with Crippen LogP contribution >= 0.6 is 0 Å². The minimum Gasteiger partial charge on any atom is -0.406 e. The highest BCUT2D eigenvalue weighted by atomic mass is 19.4. The Kier molecular flexibility index (Phi) is 5.12. The summed E-state index contributed by atoms with van der Waals surface area (Å²) >= 11 is 0. The number of carbonyl (C=O) groups is 1. The molecule has 1 aliphatic carbocycles. The van der Waals surface area contributed by atoms with Crippen LogP contribution in [0, 0.1) is 0 Å². The highest BCUT2D eigenvalue weighted by Gasteiger charge is 2.31. The van der Waals surface area contributed by atoms with Crippen LogP contribution in [0.4, 0.5) is 13.2 Å². The molecule has 0 spiro atoms. The Morgan fingerprint density at radius 2 is 1.76 bits per heavy atom. The summed E-state index contributed by atoms with van der Waals surface area (Å²) in [4.78, 5) is 12.6. The highest BCUT2D eigenvalue weighted by Crippen LogP contribution is 2.26. The van der Waals surface area contributed by atoms with Gasteiger partial charge in [0.1, 0.15) is 5.75 Å². The second-order valence-corrected chi connectivity index (χ2v) is 7.05. The number of carbonyl (C=O) groups excluding carboxylic acids is 1. The molecule has 0 unspecified atom stereocenters. The largest absolute Gasteiger partial charge is 0.573 e. The van der Waals surface area contributed by atoms with Gasteiger partial charge in [-0.1, -0.05) is 19.3 Å². The van der Waals surface area contributed by atoms with Crippen LogP contribution in [0.3, 0.4) is 0 Å². The van der Waals surface area contributed by atoms with Gasteiger partial charge in [0.05, 0.1) is 5.56 Å². The van der Waals surface area contributed by atoms with E-state index in [-0.39, 0.29) is 17.7 Å². The number of ether oxygens (including phenoxy) is 1. The number of amides is 1. The third-order valence-corrected chi connectivity index (χ3v) is 4.95. The van der Waals surface area contributed by atoms with E-state index in [4.69, 9.17) is 0 Å². The molecule has 152 valence electrons. The minimum atomic E-state index is -4.75.